The van der Waals surface area contributed by atoms with Crippen LogP contribution in [0.15, 0.2) is 24.3 Å². The number of hydrogen-bond acceptors (Lipinski definition) is 3. The van der Waals surface area contributed by atoms with E-state index < -0.39 is 0 Å². The van der Waals surface area contributed by atoms with Gasteiger partial charge in [0.15, 0.2) is 0 Å². The number of allylic oxidation sites excluding steroid dienone is 2. The lowest BCUT2D eigenvalue weighted by atomic mass is 10.2. The van der Waals surface area contributed by atoms with Crippen molar-refractivity contribution in [2.24, 2.45) is 0 Å². The van der Waals surface area contributed by atoms with Crippen molar-refractivity contribution < 1.29 is 9.59 Å². The van der Waals surface area contributed by atoms with Crippen molar-refractivity contribution in [1.82, 2.24) is 16.0 Å². The Kier molecular flexibility index (Phi) is 16.7. The Hall–Kier alpha value is -1.62. The van der Waals surface area contributed by atoms with Gasteiger partial charge in [0, 0.05) is 25.2 Å². The molecule has 2 atom stereocenters. The molecule has 0 aliphatic rings. The van der Waals surface area contributed by atoms with E-state index in [1.54, 1.807) is 12.2 Å². The smallest absolute Gasteiger partial charge is 0.243 e. The molecule has 0 heterocycles. The van der Waals surface area contributed by atoms with Crippen LogP contribution in [0.5, 0.6) is 0 Å². The summed E-state index contributed by atoms with van der Waals surface area (Å²) < 4.78 is 0. The average molecular weight is 380 g/mol. The van der Waals surface area contributed by atoms with Gasteiger partial charge in [-0.1, -0.05) is 51.7 Å². The van der Waals surface area contributed by atoms with E-state index in [1.165, 1.54) is 25.7 Å². The fourth-order valence-electron chi connectivity index (χ4n) is 2.61. The Morgan fingerprint density at radius 3 is 1.52 bits per heavy atom. The molecule has 0 saturated heterocycles. The molecule has 0 aliphatic carbocycles. The van der Waals surface area contributed by atoms with E-state index >= 15 is 0 Å². The quantitative estimate of drug-likeness (QED) is 0.282. The van der Waals surface area contributed by atoms with Crippen LogP contribution < -0.4 is 16.0 Å². The fraction of sp³-hybridized carbons (Fsp3) is 0.727. The Bertz CT molecular complexity index is 407. The molecule has 2 unspecified atom stereocenters. The standard InChI is InChI=1S/C22H41N3O2/c1-5-7-9-11-13-15-21(26)24-19(3)17-23-18-20(4)25-22(27)16-14-12-10-8-6-2/h13-16,19-20,23H,5-12,17-18H2,1-4H3,(H,24,26)(H,25,27)/b15-13+,16-14+. The van der Waals surface area contributed by atoms with Crippen LogP contribution >= 0.6 is 0 Å². The van der Waals surface area contributed by atoms with E-state index in [9.17, 15) is 9.59 Å². The van der Waals surface area contributed by atoms with Crippen molar-refractivity contribution in [1.29, 1.82) is 0 Å². The molecule has 3 N–H and O–H groups in total. The maximum absolute atomic E-state index is 11.8. The van der Waals surface area contributed by atoms with Gasteiger partial charge in [-0.15, -0.1) is 0 Å². The van der Waals surface area contributed by atoms with Crippen molar-refractivity contribution in [3.8, 4) is 0 Å². The molecule has 0 bridgehead atoms. The number of carbonyl (C=O) groups excluding carboxylic acids is 2. The van der Waals surface area contributed by atoms with Crippen LogP contribution in [-0.4, -0.2) is 37.0 Å². The Morgan fingerprint density at radius 2 is 1.15 bits per heavy atom. The number of hydrogen-bond donors (Lipinski definition) is 3. The van der Waals surface area contributed by atoms with E-state index in [0.717, 1.165) is 25.7 Å². The van der Waals surface area contributed by atoms with Gasteiger partial charge in [0.2, 0.25) is 11.8 Å². The lowest BCUT2D eigenvalue weighted by Gasteiger charge is -2.17. The zero-order valence-electron chi connectivity index (χ0n) is 17.9. The van der Waals surface area contributed by atoms with Crippen molar-refractivity contribution in [3.63, 3.8) is 0 Å². The van der Waals surface area contributed by atoms with Crippen molar-refractivity contribution in [3.05, 3.63) is 24.3 Å². The largest absolute Gasteiger partial charge is 0.349 e. The third-order valence-electron chi connectivity index (χ3n) is 4.17. The van der Waals surface area contributed by atoms with Crippen LogP contribution in [0.4, 0.5) is 0 Å². The SMILES string of the molecule is CCCCC/C=C/C(=O)NC(C)CNCC(C)NC(=O)/C=C/CCCCC. The number of amides is 2. The molecular formula is C22H41N3O2. The molecule has 0 aromatic rings. The second-order valence-electron chi connectivity index (χ2n) is 7.27. The molecule has 0 aromatic carbocycles. The Morgan fingerprint density at radius 1 is 0.741 bits per heavy atom. The molecule has 0 aliphatic heterocycles. The zero-order chi connectivity index (χ0) is 20.3. The molecule has 0 radical (unpaired) electrons. The molecule has 0 saturated carbocycles. The predicted molar refractivity (Wildman–Crippen MR) is 115 cm³/mol. The first-order valence-electron chi connectivity index (χ1n) is 10.6. The minimum Gasteiger partial charge on any atom is -0.349 e. The summed E-state index contributed by atoms with van der Waals surface area (Å²) in [6.45, 7) is 9.62. The molecule has 0 spiro atoms. The number of nitrogens with one attached hydrogen (secondary N) is 3. The summed E-state index contributed by atoms with van der Waals surface area (Å²) >= 11 is 0. The second kappa shape index (κ2) is 17.8. The highest BCUT2D eigenvalue weighted by atomic mass is 16.2. The van der Waals surface area contributed by atoms with Gasteiger partial charge in [0.05, 0.1) is 0 Å². The van der Waals surface area contributed by atoms with Crippen LogP contribution in [0.25, 0.3) is 0 Å². The van der Waals surface area contributed by atoms with Gasteiger partial charge in [-0.25, -0.2) is 0 Å². The molecule has 0 fully saturated rings. The van der Waals surface area contributed by atoms with Crippen LogP contribution in [-0.2, 0) is 9.59 Å². The molecule has 5 heteroatoms. The van der Waals surface area contributed by atoms with Crippen LogP contribution in [0, 0.1) is 0 Å². The number of carbonyl (C=O) groups is 2. The van der Waals surface area contributed by atoms with Gasteiger partial charge in [-0.05, 0) is 51.7 Å². The first kappa shape index (κ1) is 25.4. The van der Waals surface area contributed by atoms with E-state index in [4.69, 9.17) is 0 Å². The van der Waals surface area contributed by atoms with Gasteiger partial charge in [0.25, 0.3) is 0 Å². The van der Waals surface area contributed by atoms with Crippen LogP contribution in [0.1, 0.15) is 79.1 Å². The third-order valence-corrected chi connectivity index (χ3v) is 4.17. The molecule has 5 nitrogen and oxygen atoms in total. The highest BCUT2D eigenvalue weighted by Crippen LogP contribution is 2.00. The van der Waals surface area contributed by atoms with E-state index in [-0.39, 0.29) is 23.9 Å². The summed E-state index contributed by atoms with van der Waals surface area (Å²) in [5.41, 5.74) is 0. The zero-order valence-corrected chi connectivity index (χ0v) is 17.9. The highest BCUT2D eigenvalue weighted by Gasteiger charge is 2.07. The van der Waals surface area contributed by atoms with Crippen molar-refractivity contribution in [2.45, 2.75) is 91.1 Å². The maximum Gasteiger partial charge on any atom is 0.243 e. The van der Waals surface area contributed by atoms with E-state index in [2.05, 4.69) is 29.8 Å². The fourth-order valence-corrected chi connectivity index (χ4v) is 2.61. The minimum absolute atomic E-state index is 0.0409. The van der Waals surface area contributed by atoms with Gasteiger partial charge in [-0.2, -0.15) is 0 Å². The summed E-state index contributed by atoms with van der Waals surface area (Å²) in [4.78, 5) is 23.6. The molecule has 156 valence electrons. The molecule has 27 heavy (non-hydrogen) atoms. The Balaban J connectivity index is 3.81. The first-order chi connectivity index (χ1) is 13.0. The normalized spacial score (nSPS) is 13.8. The van der Waals surface area contributed by atoms with E-state index in [1.807, 2.05) is 26.0 Å². The summed E-state index contributed by atoms with van der Waals surface area (Å²) in [6.07, 6.45) is 16.1. The van der Waals surface area contributed by atoms with Gasteiger partial charge < -0.3 is 16.0 Å². The van der Waals surface area contributed by atoms with Crippen LogP contribution in [0.2, 0.25) is 0 Å². The Labute approximate surface area is 166 Å². The van der Waals surface area contributed by atoms with Gasteiger partial charge >= 0.3 is 0 Å². The highest BCUT2D eigenvalue weighted by molar-refractivity contribution is 5.88. The first-order valence-corrected chi connectivity index (χ1v) is 10.6. The summed E-state index contributed by atoms with van der Waals surface area (Å²) in [7, 11) is 0. The second-order valence-corrected chi connectivity index (χ2v) is 7.27. The van der Waals surface area contributed by atoms with Crippen molar-refractivity contribution in [2.75, 3.05) is 13.1 Å². The molecule has 0 rings (SSSR count). The minimum atomic E-state index is -0.0460. The molecule has 2 amide bonds. The number of rotatable bonds is 16. The van der Waals surface area contributed by atoms with Crippen LogP contribution in [0.3, 0.4) is 0 Å². The summed E-state index contributed by atoms with van der Waals surface area (Å²) in [5, 5.41) is 9.17. The topological polar surface area (TPSA) is 70.2 Å². The monoisotopic (exact) mass is 379 g/mol. The molecule has 0 aromatic heterocycles. The third kappa shape index (κ3) is 17.5. The van der Waals surface area contributed by atoms with Crippen molar-refractivity contribution >= 4 is 11.8 Å². The molecular weight excluding hydrogens is 338 g/mol. The van der Waals surface area contributed by atoms with Gasteiger partial charge in [0.1, 0.15) is 0 Å². The lowest BCUT2D eigenvalue weighted by Crippen LogP contribution is -2.44. The predicted octanol–water partition coefficient (Wildman–Crippen LogP) is 3.86. The maximum atomic E-state index is 11.8. The lowest BCUT2D eigenvalue weighted by molar-refractivity contribution is -0.117. The van der Waals surface area contributed by atoms with Gasteiger partial charge in [-0.3, -0.25) is 9.59 Å². The summed E-state index contributed by atoms with van der Waals surface area (Å²) in [5.74, 6) is -0.0919. The van der Waals surface area contributed by atoms with E-state index in [0.29, 0.717) is 13.1 Å². The summed E-state index contributed by atoms with van der Waals surface area (Å²) in [6, 6.07) is 0.0818. The average Bonchev–Trinajstić information content (AvgIpc) is 2.61. The number of unbranched alkanes of at least 4 members (excludes halogenated alkanes) is 6.